The molecule has 31 heteroatoms. The third-order valence-electron chi connectivity index (χ3n) is 17.4. The fourth-order valence-electron chi connectivity index (χ4n) is 12.3. The summed E-state index contributed by atoms with van der Waals surface area (Å²) in [6.07, 6.45) is -24.9. The summed E-state index contributed by atoms with van der Waals surface area (Å²) >= 11 is 12.5. The first-order chi connectivity index (χ1) is 42.2. The maximum Gasteiger partial charge on any atom is 0.342 e. The maximum atomic E-state index is 13.5. The quantitative estimate of drug-likeness (QED) is 0.0464. The average Bonchev–Trinajstić information content (AvgIpc) is 1.09. The first kappa shape index (κ1) is 74.3. The van der Waals surface area contributed by atoms with Gasteiger partial charge in [-0.3, -0.25) is 0 Å². The van der Waals surface area contributed by atoms with Crippen molar-refractivity contribution in [3.05, 3.63) is 21.2 Å². The van der Waals surface area contributed by atoms with Crippen molar-refractivity contribution in [3.63, 3.8) is 0 Å². The van der Waals surface area contributed by atoms with Crippen molar-refractivity contribution in [2.75, 3.05) is 83.0 Å². The minimum atomic E-state index is -1.59. The number of ether oxygens (including phenoxy) is 21. The number of carbonyl (C=O) groups excluding carboxylic acids is 1. The molecule has 6 saturated heterocycles. The van der Waals surface area contributed by atoms with Crippen LogP contribution in [0.5, 0.6) is 11.5 Å². The molecular weight excluding hydrogens is 1230 g/mol. The van der Waals surface area contributed by atoms with Gasteiger partial charge in [0, 0.05) is 74.8 Å². The fourth-order valence-corrected chi connectivity index (χ4v) is 12.8. The zero-order valence-electron chi connectivity index (χ0n) is 52.9. The molecule has 1 aromatic carbocycles. The van der Waals surface area contributed by atoms with Crippen LogP contribution in [0, 0.1) is 6.92 Å². The average molecular weight is 1330 g/mol. The molecule has 0 aromatic heterocycles. The number of benzene rings is 1. The molecule has 27 atom stereocenters. The number of rotatable bonds is 28. The van der Waals surface area contributed by atoms with Crippen LogP contribution in [0.3, 0.4) is 0 Å². The molecule has 0 aliphatic carbocycles. The lowest BCUT2D eigenvalue weighted by molar-refractivity contribution is -0.377. The Morgan fingerprint density at radius 1 is 0.708 bits per heavy atom. The van der Waals surface area contributed by atoms with E-state index in [9.17, 15) is 40.5 Å². The van der Waals surface area contributed by atoms with Crippen molar-refractivity contribution >= 4 is 29.2 Å². The van der Waals surface area contributed by atoms with Crippen LogP contribution >= 0.6 is 23.2 Å². The van der Waals surface area contributed by atoms with Crippen LogP contribution < -0.4 is 4.74 Å². The van der Waals surface area contributed by atoms with E-state index in [4.69, 9.17) is 123 Å². The Labute approximate surface area is 528 Å². The standard InChI is InChI=1S/C58H94Cl2O29/c1-25-43(52(74-13)45(60)46(64)44(25)59)55(66)89-49-27(3)80-40(16-32(49)62)86-48(26(2)71-10)33(63)20-77-54-29(5)82-42(19-57(54,7)67)83-34-17-41(81-28(4)50(34)73-12)87-51-36(21-69-8)85-56(53(75-14)47(51)65)88-38-15-31(61)35(22-76-38)84-39-18-37(79-24-70-9)58(68,23-78-39)30(6)72-11/h26-42,47-51,53-54,56,61-65,67-68H,15-24H2,1-14H3/t26-,27-,28-,29-,30?,31+,32-,33-,34-,35+,36-,37-,38+,39+,40+,41+,42+,47+,48-,49-,50+,51-,53+,54-,56+,57-,58-/m1/s1. The number of methoxy groups -OCH3 is 7. The number of esters is 1. The predicted octanol–water partition coefficient (Wildman–Crippen LogP) is 1.77. The summed E-state index contributed by atoms with van der Waals surface area (Å²) in [4.78, 5) is 13.5. The summed E-state index contributed by atoms with van der Waals surface area (Å²) in [5.41, 5.74) is -3.09. The molecule has 7 N–H and O–H groups in total. The SMILES string of the molecule is COCO[C@@H]1C[C@H](O[C@H]2CO[C@@H](O[C@@H]3O[C@H](COC)[C@@H](O[C@H]4C[C@@H](O[C@H]5C[C@@](C)(O)[C@H](OC[C@@H](O)[C@H](O[C@H]6C[C@@H](O)[C@H](OC(=O)c7c(C)c(Cl)c(O)c(Cl)c7OC)[C@@H](C)O6)[C@@H](C)OC)[C@@H](C)O5)[C@@H](OC)[C@@H](C)O4)[C@H](O)[C@@H]3OC)C[C@@H]2O)OC[C@@]1(O)C(C)OC. The number of halogens is 2. The van der Waals surface area contributed by atoms with E-state index < -0.39 is 177 Å². The third-order valence-corrected chi connectivity index (χ3v) is 18.2. The smallest absolute Gasteiger partial charge is 0.342 e. The third kappa shape index (κ3) is 17.5. The van der Waals surface area contributed by atoms with E-state index in [0.29, 0.717) is 0 Å². The van der Waals surface area contributed by atoms with Crippen LogP contribution in [0.1, 0.15) is 89.6 Å². The van der Waals surface area contributed by atoms with E-state index in [1.165, 1.54) is 56.7 Å². The molecule has 0 spiro atoms. The number of phenolic OH excluding ortho intramolecular Hbond substituents is 1. The van der Waals surface area contributed by atoms with E-state index in [2.05, 4.69) is 0 Å². The number of hydrogen-bond acceptors (Lipinski definition) is 29. The first-order valence-electron chi connectivity index (χ1n) is 29.8. The highest BCUT2D eigenvalue weighted by Crippen LogP contribution is 2.46. The van der Waals surface area contributed by atoms with Crippen LogP contribution in [0.15, 0.2) is 0 Å². The van der Waals surface area contributed by atoms with Gasteiger partial charge in [-0.15, -0.1) is 0 Å². The fraction of sp³-hybridized carbons (Fsp3) is 0.879. The Balaban J connectivity index is 0.910. The Hall–Kier alpha value is -2.13. The molecule has 29 nitrogen and oxygen atoms in total. The van der Waals surface area contributed by atoms with Gasteiger partial charge in [-0.25, -0.2) is 4.79 Å². The molecule has 6 heterocycles. The van der Waals surface area contributed by atoms with E-state index >= 15 is 0 Å². The summed E-state index contributed by atoms with van der Waals surface area (Å²) in [7, 11) is 9.95. The molecule has 89 heavy (non-hydrogen) atoms. The molecule has 1 unspecified atom stereocenters. The second-order valence-corrected chi connectivity index (χ2v) is 24.4. The number of aliphatic hydroxyl groups is 6. The van der Waals surface area contributed by atoms with Gasteiger partial charge in [0.1, 0.15) is 77.9 Å². The van der Waals surface area contributed by atoms with Gasteiger partial charge in [0.2, 0.25) is 0 Å². The summed E-state index contributed by atoms with van der Waals surface area (Å²) < 4.78 is 125. The van der Waals surface area contributed by atoms with Crippen LogP contribution in [-0.2, 0) is 94.7 Å². The Morgan fingerprint density at radius 3 is 1.98 bits per heavy atom. The lowest BCUT2D eigenvalue weighted by Crippen LogP contribution is -2.63. The van der Waals surface area contributed by atoms with Crippen molar-refractivity contribution in [2.45, 2.75) is 245 Å². The number of aliphatic hydroxyl groups excluding tert-OH is 4. The minimum absolute atomic E-state index is 0.0599. The molecule has 1 aromatic rings. The number of aromatic hydroxyl groups is 1. The molecule has 0 amide bonds. The molecular formula is C58H94Cl2O29. The van der Waals surface area contributed by atoms with Gasteiger partial charge in [-0.05, 0) is 54.0 Å². The number of carbonyl (C=O) groups is 1. The Kier molecular flexibility index (Phi) is 27.6. The molecule has 7 rings (SSSR count). The van der Waals surface area contributed by atoms with Crippen molar-refractivity contribution in [2.24, 2.45) is 0 Å². The lowest BCUT2D eigenvalue weighted by Gasteiger charge is -2.48. The number of phenols is 1. The molecule has 0 radical (unpaired) electrons. The van der Waals surface area contributed by atoms with E-state index in [1.54, 1.807) is 41.5 Å². The van der Waals surface area contributed by atoms with Gasteiger partial charge in [0.05, 0.1) is 99.1 Å². The molecule has 6 aliphatic rings. The molecule has 6 aliphatic heterocycles. The van der Waals surface area contributed by atoms with Gasteiger partial charge >= 0.3 is 5.97 Å². The monoisotopic (exact) mass is 1320 g/mol. The normalized spacial score (nSPS) is 40.3. The topological polar surface area (TPSA) is 353 Å². The minimum Gasteiger partial charge on any atom is -0.505 e. The van der Waals surface area contributed by atoms with Gasteiger partial charge in [-0.1, -0.05) is 23.2 Å². The summed E-state index contributed by atoms with van der Waals surface area (Å²) in [6, 6.07) is 0. The summed E-state index contributed by atoms with van der Waals surface area (Å²) in [6.45, 7) is 10.6. The predicted molar refractivity (Wildman–Crippen MR) is 306 cm³/mol. The zero-order chi connectivity index (χ0) is 65.4. The Bertz CT molecular complexity index is 2350. The zero-order valence-corrected chi connectivity index (χ0v) is 54.4. The van der Waals surface area contributed by atoms with Crippen LogP contribution in [0.4, 0.5) is 0 Å². The van der Waals surface area contributed by atoms with Crippen LogP contribution in [0.25, 0.3) is 0 Å². The second kappa shape index (κ2) is 33.0. The van der Waals surface area contributed by atoms with Crippen LogP contribution in [-0.4, -0.2) is 290 Å². The lowest BCUT2D eigenvalue weighted by atomic mass is 9.87. The summed E-state index contributed by atoms with van der Waals surface area (Å²) in [5.74, 6) is -1.58. The maximum absolute atomic E-state index is 13.5. The van der Waals surface area contributed by atoms with Crippen LogP contribution in [0.2, 0.25) is 10.0 Å². The summed E-state index contributed by atoms with van der Waals surface area (Å²) in [5, 5.41) is 79.4. The molecule has 0 bridgehead atoms. The molecule has 0 saturated carbocycles. The van der Waals surface area contributed by atoms with Crippen molar-refractivity contribution in [1.29, 1.82) is 0 Å². The van der Waals surface area contributed by atoms with Gasteiger partial charge in [0.15, 0.2) is 55.3 Å². The first-order valence-corrected chi connectivity index (χ1v) is 30.5. The van der Waals surface area contributed by atoms with Gasteiger partial charge in [-0.2, -0.15) is 0 Å². The van der Waals surface area contributed by atoms with E-state index in [0.717, 1.165) is 0 Å². The van der Waals surface area contributed by atoms with Crippen molar-refractivity contribution < 1.29 is 140 Å². The van der Waals surface area contributed by atoms with E-state index in [1.807, 2.05) is 0 Å². The highest BCUT2D eigenvalue weighted by molar-refractivity contribution is 6.39. The Morgan fingerprint density at radius 2 is 1.36 bits per heavy atom. The van der Waals surface area contributed by atoms with Crippen molar-refractivity contribution in [3.8, 4) is 11.5 Å². The number of hydrogen-bond donors (Lipinski definition) is 7. The van der Waals surface area contributed by atoms with E-state index in [-0.39, 0.29) is 92.2 Å². The van der Waals surface area contributed by atoms with Gasteiger partial charge < -0.3 is 135 Å². The molecule has 6 fully saturated rings. The molecule has 514 valence electrons. The second-order valence-electron chi connectivity index (χ2n) is 23.6. The van der Waals surface area contributed by atoms with Gasteiger partial charge in [0.25, 0.3) is 0 Å². The largest absolute Gasteiger partial charge is 0.505 e. The highest BCUT2D eigenvalue weighted by atomic mass is 35.5. The highest BCUT2D eigenvalue weighted by Gasteiger charge is 2.54. The van der Waals surface area contributed by atoms with Crippen molar-refractivity contribution in [1.82, 2.24) is 0 Å².